The van der Waals surface area contributed by atoms with E-state index >= 15 is 0 Å². The zero-order valence-electron chi connectivity index (χ0n) is 20.0. The Kier molecular flexibility index (Phi) is 6.95. The van der Waals surface area contributed by atoms with Crippen molar-refractivity contribution in [2.24, 2.45) is 0 Å². The Hall–Kier alpha value is -4.47. The quantitative estimate of drug-likeness (QED) is 0.299. The van der Waals surface area contributed by atoms with Gasteiger partial charge in [-0.2, -0.15) is 13.2 Å². The van der Waals surface area contributed by atoms with Crippen molar-refractivity contribution >= 4 is 11.9 Å². The molecular weight excluding hydrogens is 500 g/mol. The van der Waals surface area contributed by atoms with Crippen LogP contribution in [0.2, 0.25) is 0 Å². The number of benzene rings is 3. The van der Waals surface area contributed by atoms with Crippen LogP contribution in [0.3, 0.4) is 0 Å². The number of ether oxygens (including phenoxy) is 1. The smallest absolute Gasteiger partial charge is 0.417 e. The SMILES string of the molecule is O=C(c1c(F)cccc1C(F)(F)F)N1CCN(c2nccc(-c3ccc(Oc4ccccc4)cc3)n2)CC1. The van der Waals surface area contributed by atoms with Crippen LogP contribution in [0.4, 0.5) is 23.5 Å². The third-order valence-corrected chi connectivity index (χ3v) is 6.15. The number of anilines is 1. The molecule has 1 aromatic heterocycles. The predicted molar refractivity (Wildman–Crippen MR) is 134 cm³/mol. The van der Waals surface area contributed by atoms with Crippen LogP contribution in [0.25, 0.3) is 11.3 Å². The molecule has 1 aliphatic heterocycles. The Morgan fingerprint density at radius 1 is 0.816 bits per heavy atom. The molecule has 0 saturated carbocycles. The minimum absolute atomic E-state index is 0.101. The standard InChI is InChI=1S/C28H22F4N4O2/c29-23-8-4-7-22(28(30,31)32)25(23)26(37)35-15-17-36(18-16-35)27-33-14-13-24(34-27)19-9-11-21(12-10-19)38-20-5-2-1-3-6-20/h1-14H,15-18H2. The Bertz CT molecular complexity index is 1420. The molecule has 5 rings (SSSR count). The zero-order chi connectivity index (χ0) is 26.7. The van der Waals surface area contributed by atoms with Gasteiger partial charge in [0.15, 0.2) is 0 Å². The fourth-order valence-electron chi connectivity index (χ4n) is 4.23. The Morgan fingerprint density at radius 3 is 2.18 bits per heavy atom. The summed E-state index contributed by atoms with van der Waals surface area (Å²) in [7, 11) is 0. The number of carbonyl (C=O) groups is 1. The first kappa shape index (κ1) is 25.2. The van der Waals surface area contributed by atoms with E-state index in [1.807, 2.05) is 59.5 Å². The molecule has 0 N–H and O–H groups in total. The summed E-state index contributed by atoms with van der Waals surface area (Å²) in [6.45, 7) is 0.775. The third-order valence-electron chi connectivity index (χ3n) is 6.15. The van der Waals surface area contributed by atoms with Crippen molar-refractivity contribution < 1.29 is 27.1 Å². The second kappa shape index (κ2) is 10.5. The van der Waals surface area contributed by atoms with Gasteiger partial charge >= 0.3 is 6.18 Å². The maximum absolute atomic E-state index is 14.3. The molecule has 2 heterocycles. The molecule has 4 aromatic rings. The van der Waals surface area contributed by atoms with E-state index in [1.54, 1.807) is 12.3 Å². The molecule has 194 valence electrons. The second-order valence-corrected chi connectivity index (χ2v) is 8.62. The number of rotatable bonds is 5. The molecule has 0 atom stereocenters. The number of piperazine rings is 1. The van der Waals surface area contributed by atoms with Crippen LogP contribution >= 0.6 is 0 Å². The van der Waals surface area contributed by atoms with E-state index in [2.05, 4.69) is 9.97 Å². The normalized spacial score (nSPS) is 13.9. The fourth-order valence-corrected chi connectivity index (χ4v) is 4.23. The van der Waals surface area contributed by atoms with E-state index in [1.165, 1.54) is 4.90 Å². The molecule has 3 aromatic carbocycles. The Morgan fingerprint density at radius 2 is 1.50 bits per heavy atom. The topological polar surface area (TPSA) is 58.6 Å². The minimum Gasteiger partial charge on any atom is -0.457 e. The van der Waals surface area contributed by atoms with Gasteiger partial charge in [0.05, 0.1) is 16.8 Å². The largest absolute Gasteiger partial charge is 0.457 e. The molecule has 10 heteroatoms. The zero-order valence-corrected chi connectivity index (χ0v) is 20.0. The van der Waals surface area contributed by atoms with E-state index < -0.39 is 29.0 Å². The Balaban J connectivity index is 1.26. The van der Waals surface area contributed by atoms with Crippen LogP contribution in [0.15, 0.2) is 85.1 Å². The van der Waals surface area contributed by atoms with Crippen LogP contribution in [0, 0.1) is 5.82 Å². The lowest BCUT2D eigenvalue weighted by Gasteiger charge is -2.35. The van der Waals surface area contributed by atoms with Crippen LogP contribution in [-0.4, -0.2) is 47.0 Å². The lowest BCUT2D eigenvalue weighted by molar-refractivity contribution is -0.138. The molecule has 38 heavy (non-hydrogen) atoms. The van der Waals surface area contributed by atoms with Gasteiger partial charge in [0.2, 0.25) is 5.95 Å². The third kappa shape index (κ3) is 5.44. The van der Waals surface area contributed by atoms with Crippen molar-refractivity contribution in [2.75, 3.05) is 31.1 Å². The average Bonchev–Trinajstić information content (AvgIpc) is 2.93. The van der Waals surface area contributed by atoms with Gasteiger partial charge in [-0.1, -0.05) is 24.3 Å². The van der Waals surface area contributed by atoms with Crippen molar-refractivity contribution in [3.63, 3.8) is 0 Å². The number of hydrogen-bond acceptors (Lipinski definition) is 5. The van der Waals surface area contributed by atoms with Gasteiger partial charge in [-0.25, -0.2) is 14.4 Å². The molecule has 0 unspecified atom stereocenters. The molecule has 0 bridgehead atoms. The first-order chi connectivity index (χ1) is 18.3. The summed E-state index contributed by atoms with van der Waals surface area (Å²) >= 11 is 0. The van der Waals surface area contributed by atoms with Crippen molar-refractivity contribution in [1.29, 1.82) is 0 Å². The minimum atomic E-state index is -4.84. The Labute approximate surface area is 216 Å². The lowest BCUT2D eigenvalue weighted by Crippen LogP contribution is -2.49. The van der Waals surface area contributed by atoms with Crippen LogP contribution in [0.1, 0.15) is 15.9 Å². The van der Waals surface area contributed by atoms with Gasteiger partial charge in [0.1, 0.15) is 17.3 Å². The summed E-state index contributed by atoms with van der Waals surface area (Å²) in [6.07, 6.45) is -3.21. The number of aromatic nitrogens is 2. The van der Waals surface area contributed by atoms with Gasteiger partial charge in [-0.15, -0.1) is 0 Å². The molecule has 1 aliphatic rings. The summed E-state index contributed by atoms with van der Waals surface area (Å²) in [6, 6.07) is 21.2. The maximum Gasteiger partial charge on any atom is 0.417 e. The summed E-state index contributed by atoms with van der Waals surface area (Å²) < 4.78 is 60.2. The first-order valence-corrected chi connectivity index (χ1v) is 11.9. The summed E-state index contributed by atoms with van der Waals surface area (Å²) in [5.74, 6) is -0.336. The van der Waals surface area contributed by atoms with E-state index in [4.69, 9.17) is 4.74 Å². The number of nitrogens with zero attached hydrogens (tertiary/aromatic N) is 4. The van der Waals surface area contributed by atoms with E-state index in [0.717, 1.165) is 23.4 Å². The molecule has 0 aliphatic carbocycles. The van der Waals surface area contributed by atoms with E-state index in [-0.39, 0.29) is 26.2 Å². The first-order valence-electron chi connectivity index (χ1n) is 11.9. The lowest BCUT2D eigenvalue weighted by atomic mass is 10.0. The summed E-state index contributed by atoms with van der Waals surface area (Å²) in [4.78, 5) is 24.9. The molecule has 1 saturated heterocycles. The number of halogens is 4. The number of alkyl halides is 3. The fraction of sp³-hybridized carbons (Fsp3) is 0.179. The number of amides is 1. The molecule has 0 spiro atoms. The molecule has 0 radical (unpaired) electrons. The van der Waals surface area contributed by atoms with Gasteiger partial charge in [-0.3, -0.25) is 4.79 Å². The highest BCUT2D eigenvalue weighted by Crippen LogP contribution is 2.34. The summed E-state index contributed by atoms with van der Waals surface area (Å²) in [5.41, 5.74) is -0.699. The maximum atomic E-state index is 14.3. The predicted octanol–water partition coefficient (Wildman–Crippen LogP) is 6.06. The van der Waals surface area contributed by atoms with Gasteiger partial charge < -0.3 is 14.5 Å². The van der Waals surface area contributed by atoms with Crippen molar-refractivity contribution in [2.45, 2.75) is 6.18 Å². The highest BCUT2D eigenvalue weighted by molar-refractivity contribution is 5.96. The monoisotopic (exact) mass is 522 g/mol. The van der Waals surface area contributed by atoms with Crippen LogP contribution in [-0.2, 0) is 6.18 Å². The number of hydrogen-bond donors (Lipinski definition) is 0. The molecule has 1 amide bonds. The van der Waals surface area contributed by atoms with E-state index in [9.17, 15) is 22.4 Å². The molecule has 6 nitrogen and oxygen atoms in total. The molecule has 1 fully saturated rings. The van der Waals surface area contributed by atoms with Gasteiger partial charge in [0.25, 0.3) is 5.91 Å². The van der Waals surface area contributed by atoms with Crippen molar-refractivity contribution in [3.05, 3.63) is 102 Å². The van der Waals surface area contributed by atoms with Crippen molar-refractivity contribution in [3.8, 4) is 22.8 Å². The van der Waals surface area contributed by atoms with Crippen LogP contribution in [0.5, 0.6) is 11.5 Å². The number of para-hydroxylation sites is 1. The summed E-state index contributed by atoms with van der Waals surface area (Å²) in [5, 5.41) is 0. The van der Waals surface area contributed by atoms with E-state index in [0.29, 0.717) is 23.5 Å². The van der Waals surface area contributed by atoms with Crippen LogP contribution < -0.4 is 9.64 Å². The van der Waals surface area contributed by atoms with Gasteiger partial charge in [-0.05, 0) is 54.6 Å². The number of carbonyl (C=O) groups excluding carboxylic acids is 1. The highest BCUT2D eigenvalue weighted by Gasteiger charge is 2.38. The molecular formula is C28H22F4N4O2. The van der Waals surface area contributed by atoms with Gasteiger partial charge in [0, 0.05) is 37.9 Å². The average molecular weight is 523 g/mol. The second-order valence-electron chi connectivity index (χ2n) is 8.62. The highest BCUT2D eigenvalue weighted by atomic mass is 19.4. The van der Waals surface area contributed by atoms with Crippen molar-refractivity contribution in [1.82, 2.24) is 14.9 Å².